The second kappa shape index (κ2) is 9.00. The Kier molecular flexibility index (Phi) is 7.01. The average molecular weight is 324 g/mol. The van der Waals surface area contributed by atoms with Gasteiger partial charge in [-0.1, -0.05) is 12.1 Å². The summed E-state index contributed by atoms with van der Waals surface area (Å²) >= 11 is 0. The number of piperazine rings is 1. The standard InChI is InChI=1S/C16H28N4O3/c1-4-14-11-19(6-7-20(14)8-9-22-5-2)12-16(21)17-15-10-13(3)23-18-15/h10,14H,4-9,11-12H2,1-3H3,(H,17,18,21)/t14-/m0/s1. The molecule has 1 saturated heterocycles. The highest BCUT2D eigenvalue weighted by atomic mass is 16.5. The second-order valence-corrected chi connectivity index (χ2v) is 5.90. The normalized spacial score (nSPS) is 19.9. The van der Waals surface area contributed by atoms with Gasteiger partial charge in [-0.3, -0.25) is 14.6 Å². The third-order valence-electron chi connectivity index (χ3n) is 4.15. The SMILES string of the molecule is CCOCCN1CCN(CC(=O)Nc2cc(C)on2)C[C@@H]1CC. The van der Waals surface area contributed by atoms with Crippen molar-refractivity contribution in [1.29, 1.82) is 0 Å². The molecule has 0 bridgehead atoms. The van der Waals surface area contributed by atoms with Crippen molar-refractivity contribution in [2.45, 2.75) is 33.2 Å². The van der Waals surface area contributed by atoms with Crippen molar-refractivity contribution in [3.8, 4) is 0 Å². The number of rotatable bonds is 8. The number of carbonyl (C=O) groups excluding carboxylic acids is 1. The third kappa shape index (κ3) is 5.60. The van der Waals surface area contributed by atoms with E-state index in [2.05, 4.69) is 27.2 Å². The molecule has 1 aliphatic heterocycles. The van der Waals surface area contributed by atoms with Gasteiger partial charge in [0.1, 0.15) is 5.76 Å². The minimum atomic E-state index is -0.0454. The first-order valence-corrected chi connectivity index (χ1v) is 8.39. The van der Waals surface area contributed by atoms with Gasteiger partial charge in [-0.2, -0.15) is 0 Å². The van der Waals surface area contributed by atoms with Gasteiger partial charge in [0.15, 0.2) is 5.82 Å². The van der Waals surface area contributed by atoms with Crippen LogP contribution < -0.4 is 5.32 Å². The maximum atomic E-state index is 12.1. The number of carbonyl (C=O) groups is 1. The molecule has 0 aliphatic carbocycles. The van der Waals surface area contributed by atoms with Gasteiger partial charge in [-0.15, -0.1) is 0 Å². The molecule has 1 aromatic rings. The average Bonchev–Trinajstić information content (AvgIpc) is 2.93. The van der Waals surface area contributed by atoms with Crippen LogP contribution in [0.3, 0.4) is 0 Å². The van der Waals surface area contributed by atoms with Crippen LogP contribution in [0.15, 0.2) is 10.6 Å². The lowest BCUT2D eigenvalue weighted by Gasteiger charge is -2.40. The molecule has 0 spiro atoms. The lowest BCUT2D eigenvalue weighted by molar-refractivity contribution is -0.118. The Bertz CT molecular complexity index is 491. The van der Waals surface area contributed by atoms with E-state index < -0.39 is 0 Å². The molecule has 1 amide bonds. The quantitative estimate of drug-likeness (QED) is 0.728. The van der Waals surface area contributed by atoms with Crippen molar-refractivity contribution in [1.82, 2.24) is 15.0 Å². The molecule has 23 heavy (non-hydrogen) atoms. The number of hydrogen-bond acceptors (Lipinski definition) is 6. The van der Waals surface area contributed by atoms with Crippen molar-refractivity contribution < 1.29 is 14.1 Å². The summed E-state index contributed by atoms with van der Waals surface area (Å²) in [5, 5.41) is 6.56. The summed E-state index contributed by atoms with van der Waals surface area (Å²) in [6, 6.07) is 2.20. The van der Waals surface area contributed by atoms with Crippen LogP contribution in [0, 0.1) is 6.92 Å². The highest BCUT2D eigenvalue weighted by Gasteiger charge is 2.26. The van der Waals surface area contributed by atoms with Gasteiger partial charge in [0, 0.05) is 44.9 Å². The van der Waals surface area contributed by atoms with E-state index in [4.69, 9.17) is 9.26 Å². The molecule has 1 N–H and O–H groups in total. The Labute approximate surface area is 137 Å². The van der Waals surface area contributed by atoms with Gasteiger partial charge >= 0.3 is 0 Å². The monoisotopic (exact) mass is 324 g/mol. The Balaban J connectivity index is 1.77. The molecule has 0 radical (unpaired) electrons. The Morgan fingerprint density at radius 3 is 2.96 bits per heavy atom. The molecule has 0 saturated carbocycles. The second-order valence-electron chi connectivity index (χ2n) is 5.90. The molecule has 1 atom stereocenters. The Morgan fingerprint density at radius 2 is 2.30 bits per heavy atom. The first-order chi connectivity index (χ1) is 11.1. The largest absolute Gasteiger partial charge is 0.380 e. The van der Waals surface area contributed by atoms with Crippen LogP contribution in [0.4, 0.5) is 5.82 Å². The van der Waals surface area contributed by atoms with Crippen LogP contribution in [0.25, 0.3) is 0 Å². The molecule has 7 nitrogen and oxygen atoms in total. The van der Waals surface area contributed by atoms with E-state index in [0.29, 0.717) is 24.2 Å². The molecule has 7 heteroatoms. The van der Waals surface area contributed by atoms with Crippen LogP contribution in [0.5, 0.6) is 0 Å². The number of anilines is 1. The van der Waals surface area contributed by atoms with E-state index in [1.54, 1.807) is 13.0 Å². The van der Waals surface area contributed by atoms with Crippen molar-refractivity contribution in [2.24, 2.45) is 0 Å². The number of hydrogen-bond donors (Lipinski definition) is 1. The molecule has 130 valence electrons. The minimum Gasteiger partial charge on any atom is -0.380 e. The number of amides is 1. The molecule has 1 aromatic heterocycles. The summed E-state index contributed by atoms with van der Waals surface area (Å²) < 4.78 is 10.4. The van der Waals surface area contributed by atoms with Gasteiger partial charge in [-0.05, 0) is 20.3 Å². The zero-order chi connectivity index (χ0) is 16.7. The fourth-order valence-electron chi connectivity index (χ4n) is 2.92. The van der Waals surface area contributed by atoms with Crippen molar-refractivity contribution in [2.75, 3.05) is 51.3 Å². The van der Waals surface area contributed by atoms with E-state index in [9.17, 15) is 4.79 Å². The topological polar surface area (TPSA) is 70.8 Å². The lowest BCUT2D eigenvalue weighted by Crippen LogP contribution is -2.54. The van der Waals surface area contributed by atoms with Gasteiger partial charge in [0.05, 0.1) is 13.2 Å². The molecule has 2 rings (SSSR count). The molecular formula is C16H28N4O3. The summed E-state index contributed by atoms with van der Waals surface area (Å²) in [6.45, 7) is 11.7. The summed E-state index contributed by atoms with van der Waals surface area (Å²) in [7, 11) is 0. The van der Waals surface area contributed by atoms with E-state index in [1.165, 1.54) is 0 Å². The van der Waals surface area contributed by atoms with E-state index in [-0.39, 0.29) is 5.91 Å². The van der Waals surface area contributed by atoms with Crippen LogP contribution in [-0.4, -0.2) is 72.8 Å². The first kappa shape index (κ1) is 17.9. The number of aromatic nitrogens is 1. The fourth-order valence-corrected chi connectivity index (χ4v) is 2.92. The highest BCUT2D eigenvalue weighted by Crippen LogP contribution is 2.13. The summed E-state index contributed by atoms with van der Waals surface area (Å²) in [6.07, 6.45) is 1.08. The van der Waals surface area contributed by atoms with E-state index in [1.807, 2.05) is 6.92 Å². The maximum absolute atomic E-state index is 12.1. The zero-order valence-corrected chi connectivity index (χ0v) is 14.4. The van der Waals surface area contributed by atoms with Crippen LogP contribution >= 0.6 is 0 Å². The molecule has 1 aliphatic rings. The Morgan fingerprint density at radius 1 is 1.48 bits per heavy atom. The predicted octanol–water partition coefficient (Wildman–Crippen LogP) is 1.35. The van der Waals surface area contributed by atoms with Gasteiger partial charge in [-0.25, -0.2) is 0 Å². The Hall–Kier alpha value is -1.44. The van der Waals surface area contributed by atoms with E-state index in [0.717, 1.165) is 45.8 Å². The van der Waals surface area contributed by atoms with Crippen molar-refractivity contribution in [3.63, 3.8) is 0 Å². The van der Waals surface area contributed by atoms with Crippen LogP contribution in [0.2, 0.25) is 0 Å². The predicted molar refractivity (Wildman–Crippen MR) is 88.5 cm³/mol. The maximum Gasteiger partial charge on any atom is 0.239 e. The number of nitrogens with one attached hydrogen (secondary N) is 1. The molecule has 2 heterocycles. The molecule has 0 unspecified atom stereocenters. The minimum absolute atomic E-state index is 0.0454. The van der Waals surface area contributed by atoms with Crippen molar-refractivity contribution >= 4 is 11.7 Å². The lowest BCUT2D eigenvalue weighted by atomic mass is 10.1. The summed E-state index contributed by atoms with van der Waals surface area (Å²) in [4.78, 5) is 16.8. The number of aryl methyl sites for hydroxylation is 1. The van der Waals surface area contributed by atoms with E-state index >= 15 is 0 Å². The highest BCUT2D eigenvalue weighted by molar-refractivity contribution is 5.91. The van der Waals surface area contributed by atoms with Crippen LogP contribution in [0.1, 0.15) is 26.0 Å². The van der Waals surface area contributed by atoms with Gasteiger partial charge in [0.2, 0.25) is 5.91 Å². The molecular weight excluding hydrogens is 296 g/mol. The first-order valence-electron chi connectivity index (χ1n) is 8.39. The summed E-state index contributed by atoms with van der Waals surface area (Å²) in [5.41, 5.74) is 0. The fraction of sp³-hybridized carbons (Fsp3) is 0.750. The smallest absolute Gasteiger partial charge is 0.239 e. The zero-order valence-electron chi connectivity index (χ0n) is 14.4. The third-order valence-corrected chi connectivity index (χ3v) is 4.15. The number of nitrogens with zero attached hydrogens (tertiary/aromatic N) is 3. The molecule has 0 aromatic carbocycles. The van der Waals surface area contributed by atoms with Crippen molar-refractivity contribution in [3.05, 3.63) is 11.8 Å². The summed E-state index contributed by atoms with van der Waals surface area (Å²) in [5.74, 6) is 1.13. The van der Waals surface area contributed by atoms with Crippen LogP contribution in [-0.2, 0) is 9.53 Å². The molecule has 1 fully saturated rings. The van der Waals surface area contributed by atoms with Gasteiger partial charge in [0.25, 0.3) is 0 Å². The number of ether oxygens (including phenoxy) is 1. The van der Waals surface area contributed by atoms with Gasteiger partial charge < -0.3 is 14.6 Å².